The van der Waals surface area contributed by atoms with E-state index in [0.717, 1.165) is 31.4 Å². The monoisotopic (exact) mass is 349 g/mol. The lowest BCUT2D eigenvalue weighted by atomic mass is 9.83. The molecule has 0 saturated heterocycles. The molecule has 0 atom stereocenters. The van der Waals surface area contributed by atoms with E-state index in [1.807, 2.05) is 0 Å². The third-order valence-electron chi connectivity index (χ3n) is 3.96. The van der Waals surface area contributed by atoms with Gasteiger partial charge in [-0.25, -0.2) is 0 Å². The molecular formula is C15H19BrF3N. The van der Waals surface area contributed by atoms with Crippen molar-refractivity contribution < 1.29 is 13.2 Å². The van der Waals surface area contributed by atoms with Crippen LogP contribution in [0.25, 0.3) is 0 Å². The van der Waals surface area contributed by atoms with Gasteiger partial charge in [-0.05, 0) is 42.9 Å². The molecule has 1 saturated carbocycles. The minimum absolute atomic E-state index is 0.451. The number of halogens is 4. The number of nitrogens with one attached hydrogen (secondary N) is 1. The summed E-state index contributed by atoms with van der Waals surface area (Å²) in [5, 5.41) is 3.15. The molecule has 5 heteroatoms. The van der Waals surface area contributed by atoms with Crippen LogP contribution in [0.4, 0.5) is 18.9 Å². The van der Waals surface area contributed by atoms with E-state index >= 15 is 0 Å². The van der Waals surface area contributed by atoms with Crippen LogP contribution in [-0.2, 0) is 6.18 Å². The number of anilines is 1. The highest BCUT2D eigenvalue weighted by atomic mass is 79.9. The van der Waals surface area contributed by atoms with Gasteiger partial charge in [-0.2, -0.15) is 13.2 Å². The summed E-state index contributed by atoms with van der Waals surface area (Å²) in [7, 11) is 0. The van der Waals surface area contributed by atoms with E-state index in [4.69, 9.17) is 0 Å². The minimum Gasteiger partial charge on any atom is -0.385 e. The first kappa shape index (κ1) is 15.7. The number of alkyl halides is 3. The van der Waals surface area contributed by atoms with Crippen molar-refractivity contribution in [3.8, 4) is 0 Å². The summed E-state index contributed by atoms with van der Waals surface area (Å²) in [5.74, 6) is 1.36. The summed E-state index contributed by atoms with van der Waals surface area (Å²) in [4.78, 5) is 0. The summed E-state index contributed by atoms with van der Waals surface area (Å²) in [6.45, 7) is 3.01. The molecular weight excluding hydrogens is 331 g/mol. The second-order valence-corrected chi connectivity index (χ2v) is 6.65. The lowest BCUT2D eigenvalue weighted by Crippen LogP contribution is -2.20. The fourth-order valence-electron chi connectivity index (χ4n) is 2.65. The molecule has 1 aliphatic carbocycles. The number of benzene rings is 1. The SMILES string of the molecule is CC1CCC(CNc2cc(Br)cc(C(F)(F)F)c2)CC1. The van der Waals surface area contributed by atoms with E-state index in [0.29, 0.717) is 16.1 Å². The van der Waals surface area contributed by atoms with E-state index in [-0.39, 0.29) is 0 Å². The molecule has 2 rings (SSSR count). The van der Waals surface area contributed by atoms with Crippen LogP contribution in [0.15, 0.2) is 22.7 Å². The molecule has 1 aromatic carbocycles. The van der Waals surface area contributed by atoms with Crippen LogP contribution in [-0.4, -0.2) is 6.54 Å². The summed E-state index contributed by atoms with van der Waals surface area (Å²) in [6.07, 6.45) is 0.459. The molecule has 1 nitrogen and oxygen atoms in total. The van der Waals surface area contributed by atoms with E-state index in [2.05, 4.69) is 28.2 Å². The van der Waals surface area contributed by atoms with Crippen LogP contribution >= 0.6 is 15.9 Å². The van der Waals surface area contributed by atoms with E-state index < -0.39 is 11.7 Å². The van der Waals surface area contributed by atoms with Gasteiger partial charge in [-0.15, -0.1) is 0 Å². The largest absolute Gasteiger partial charge is 0.416 e. The maximum absolute atomic E-state index is 12.7. The zero-order chi connectivity index (χ0) is 14.8. The quantitative estimate of drug-likeness (QED) is 0.737. The van der Waals surface area contributed by atoms with Crippen molar-refractivity contribution in [2.75, 3.05) is 11.9 Å². The molecule has 20 heavy (non-hydrogen) atoms. The number of hydrogen-bond donors (Lipinski definition) is 1. The fraction of sp³-hybridized carbons (Fsp3) is 0.600. The van der Waals surface area contributed by atoms with E-state index in [1.165, 1.54) is 18.9 Å². The zero-order valence-corrected chi connectivity index (χ0v) is 13.0. The van der Waals surface area contributed by atoms with E-state index in [9.17, 15) is 13.2 Å². The molecule has 112 valence electrons. The van der Waals surface area contributed by atoms with Crippen LogP contribution in [0.3, 0.4) is 0 Å². The highest BCUT2D eigenvalue weighted by Crippen LogP contribution is 2.34. The Labute approximate surface area is 126 Å². The molecule has 0 unspecified atom stereocenters. The molecule has 1 aliphatic rings. The number of hydrogen-bond acceptors (Lipinski definition) is 1. The van der Waals surface area contributed by atoms with Crippen molar-refractivity contribution in [3.05, 3.63) is 28.2 Å². The van der Waals surface area contributed by atoms with Crippen LogP contribution in [0.2, 0.25) is 0 Å². The topological polar surface area (TPSA) is 12.0 Å². The molecule has 1 aromatic rings. The average molecular weight is 350 g/mol. The van der Waals surface area contributed by atoms with Gasteiger partial charge in [0.05, 0.1) is 5.56 Å². The van der Waals surface area contributed by atoms with Crippen LogP contribution in [0.1, 0.15) is 38.2 Å². The van der Waals surface area contributed by atoms with Crippen molar-refractivity contribution in [2.45, 2.75) is 38.8 Å². The maximum atomic E-state index is 12.7. The van der Waals surface area contributed by atoms with Gasteiger partial charge in [0.25, 0.3) is 0 Å². The average Bonchev–Trinajstić information content (AvgIpc) is 2.36. The van der Waals surface area contributed by atoms with Crippen LogP contribution < -0.4 is 5.32 Å². The highest BCUT2D eigenvalue weighted by molar-refractivity contribution is 9.10. The predicted molar refractivity (Wildman–Crippen MR) is 78.8 cm³/mol. The van der Waals surface area contributed by atoms with Gasteiger partial charge >= 0.3 is 6.18 Å². The van der Waals surface area contributed by atoms with Gasteiger partial charge in [0.1, 0.15) is 0 Å². The second-order valence-electron chi connectivity index (χ2n) is 5.73. The third-order valence-corrected chi connectivity index (χ3v) is 4.41. The van der Waals surface area contributed by atoms with Gasteiger partial charge < -0.3 is 5.32 Å². The van der Waals surface area contributed by atoms with Crippen molar-refractivity contribution in [1.82, 2.24) is 0 Å². The molecule has 1 N–H and O–H groups in total. The van der Waals surface area contributed by atoms with E-state index in [1.54, 1.807) is 6.07 Å². The van der Waals surface area contributed by atoms with Crippen LogP contribution in [0.5, 0.6) is 0 Å². The Balaban J connectivity index is 1.97. The molecule has 0 aromatic heterocycles. The molecule has 0 radical (unpaired) electrons. The van der Waals surface area contributed by atoms with Crippen molar-refractivity contribution in [1.29, 1.82) is 0 Å². The third kappa shape index (κ3) is 4.40. The van der Waals surface area contributed by atoms with Crippen molar-refractivity contribution in [3.63, 3.8) is 0 Å². The smallest absolute Gasteiger partial charge is 0.385 e. The van der Waals surface area contributed by atoms with Crippen molar-refractivity contribution in [2.24, 2.45) is 11.8 Å². The van der Waals surface area contributed by atoms with Gasteiger partial charge in [0.2, 0.25) is 0 Å². The Kier molecular flexibility index (Phi) is 4.99. The molecule has 1 fully saturated rings. The Morgan fingerprint density at radius 1 is 1.15 bits per heavy atom. The lowest BCUT2D eigenvalue weighted by Gasteiger charge is -2.26. The van der Waals surface area contributed by atoms with Gasteiger partial charge in [0, 0.05) is 16.7 Å². The van der Waals surface area contributed by atoms with Gasteiger partial charge in [-0.3, -0.25) is 0 Å². The normalized spacial score (nSPS) is 23.6. The molecule has 0 aliphatic heterocycles. The van der Waals surface area contributed by atoms with Crippen LogP contribution in [0, 0.1) is 11.8 Å². The number of rotatable bonds is 3. The Morgan fingerprint density at radius 2 is 1.80 bits per heavy atom. The summed E-state index contributed by atoms with van der Waals surface area (Å²) in [5.41, 5.74) is -0.0861. The zero-order valence-electron chi connectivity index (χ0n) is 11.4. The first-order valence-electron chi connectivity index (χ1n) is 6.96. The predicted octanol–water partition coefficient (Wildman–Crippen LogP) is 5.71. The molecule has 0 amide bonds. The van der Waals surface area contributed by atoms with Crippen molar-refractivity contribution >= 4 is 21.6 Å². The first-order chi connectivity index (χ1) is 9.34. The molecule has 0 heterocycles. The Hall–Kier alpha value is -0.710. The summed E-state index contributed by atoms with van der Waals surface area (Å²) in [6, 6.07) is 3.98. The Bertz CT molecular complexity index is 451. The second kappa shape index (κ2) is 6.37. The minimum atomic E-state index is -4.31. The first-order valence-corrected chi connectivity index (χ1v) is 7.75. The standard InChI is InChI=1S/C15H19BrF3N/c1-10-2-4-11(5-3-10)9-20-14-7-12(15(17,18)19)6-13(16)8-14/h6-8,10-11,20H,2-5,9H2,1H3. The van der Waals surface area contributed by atoms with Gasteiger partial charge in [-0.1, -0.05) is 35.7 Å². The Morgan fingerprint density at radius 3 is 2.40 bits per heavy atom. The maximum Gasteiger partial charge on any atom is 0.416 e. The lowest BCUT2D eigenvalue weighted by molar-refractivity contribution is -0.137. The molecule has 0 bridgehead atoms. The van der Waals surface area contributed by atoms with Gasteiger partial charge in [0.15, 0.2) is 0 Å². The molecule has 0 spiro atoms. The summed E-state index contributed by atoms with van der Waals surface area (Å²) >= 11 is 3.14. The summed E-state index contributed by atoms with van der Waals surface area (Å²) < 4.78 is 38.7. The highest BCUT2D eigenvalue weighted by Gasteiger charge is 2.31. The fourth-order valence-corrected chi connectivity index (χ4v) is 3.14.